The number of hydrogen-bond donors (Lipinski definition) is 0. The number of nitro groups is 2. The number of non-ortho nitro benzene ring substituents is 2. The van der Waals surface area contributed by atoms with Crippen molar-refractivity contribution in [3.63, 3.8) is 0 Å². The molecule has 9 heteroatoms. The smallest absolute Gasteiger partial charge is 1.00 e. The van der Waals surface area contributed by atoms with Crippen molar-refractivity contribution in [3.8, 4) is 0 Å². The van der Waals surface area contributed by atoms with Gasteiger partial charge in [-0.05, 0) is 31.2 Å². The van der Waals surface area contributed by atoms with Crippen LogP contribution in [-0.2, 0) is 0 Å². The molecule has 0 saturated carbocycles. The summed E-state index contributed by atoms with van der Waals surface area (Å²) in [5.41, 5.74) is 4.25. The van der Waals surface area contributed by atoms with E-state index in [1.54, 1.807) is 24.3 Å². The molecule has 0 heterocycles. The zero-order valence-electron chi connectivity index (χ0n) is 14.7. The number of benzene rings is 2. The topological polar surface area (TPSA) is 86.3 Å². The van der Waals surface area contributed by atoms with E-state index < -0.39 is 9.85 Å². The van der Waals surface area contributed by atoms with Crippen LogP contribution in [-0.4, -0.2) is 36.1 Å². The monoisotopic (exact) mass is 614 g/mol. The van der Waals surface area contributed by atoms with Gasteiger partial charge in [0.1, 0.15) is 0 Å². The molecule has 2 aromatic carbocycles. The molecule has 2 aromatic rings. The van der Waals surface area contributed by atoms with Crippen molar-refractivity contribution in [1.82, 2.24) is 0 Å². The fourth-order valence-corrected chi connectivity index (χ4v) is 1.47. The molecule has 0 unspecified atom stereocenters. The van der Waals surface area contributed by atoms with Gasteiger partial charge in [-0.15, -0.1) is 5.73 Å². The first-order chi connectivity index (χ1) is 12.0. The van der Waals surface area contributed by atoms with Gasteiger partial charge in [-0.25, -0.2) is 0 Å². The van der Waals surface area contributed by atoms with E-state index in [1.807, 2.05) is 24.6 Å². The van der Waals surface area contributed by atoms with Gasteiger partial charge in [-0.2, -0.15) is 0 Å². The summed E-state index contributed by atoms with van der Waals surface area (Å²) in [6, 6.07) is 17.4. The molecular formula is C19H15BiCl2N2O4. The summed E-state index contributed by atoms with van der Waals surface area (Å²) in [4.78, 5) is 19.0. The molecule has 0 atom stereocenters. The summed E-state index contributed by atoms with van der Waals surface area (Å²) in [6.07, 6.45) is 7.88. The van der Waals surface area contributed by atoms with Crippen LogP contribution < -0.4 is 24.8 Å². The van der Waals surface area contributed by atoms with Crippen molar-refractivity contribution in [1.29, 1.82) is 0 Å². The van der Waals surface area contributed by atoms with Crippen LogP contribution in [0.25, 0.3) is 0 Å². The van der Waals surface area contributed by atoms with Crippen LogP contribution in [0, 0.1) is 38.8 Å². The van der Waals surface area contributed by atoms with E-state index in [1.165, 1.54) is 29.8 Å². The molecule has 0 spiro atoms. The Hall–Kier alpha value is -2.04. The van der Waals surface area contributed by atoms with Crippen molar-refractivity contribution in [3.05, 3.63) is 117 Å². The molecule has 0 saturated heterocycles. The summed E-state index contributed by atoms with van der Waals surface area (Å²) in [6.45, 7) is 2.06. The average Bonchev–Trinajstić information content (AvgIpc) is 2.65. The van der Waals surface area contributed by atoms with Crippen molar-refractivity contribution in [2.45, 2.75) is 6.92 Å². The third-order valence-electron chi connectivity index (χ3n) is 2.66. The summed E-state index contributed by atoms with van der Waals surface area (Å²) in [5.74, 6) is 0. The van der Waals surface area contributed by atoms with Gasteiger partial charge in [-0.1, -0.05) is 35.9 Å². The van der Waals surface area contributed by atoms with Crippen molar-refractivity contribution >= 4 is 37.6 Å². The molecule has 3 rings (SSSR count). The van der Waals surface area contributed by atoms with Gasteiger partial charge in [-0.3, -0.25) is 20.2 Å². The fourth-order valence-electron chi connectivity index (χ4n) is 1.47. The molecule has 144 valence electrons. The fraction of sp³-hybridized carbons (Fsp3) is 0.0526. The SMILES string of the molecule is CC1=CC=C=C[CH]1.O=[N+]([O-])c1[c]cccc1.O=[N+]([O-])c1[c]cccc1.[Bi+2].[Cl-].[Cl-]. The standard InChI is InChI=1S/C7H7.2C6H4NO2.Bi.2ClH/c1-7-5-3-2-4-6-7;2*8-7(9)6-4-2-1-3-5-6;;;/h3-6H,1H3;2*1-4H;;2*1H/q;;;+2;;/p-2. The number of nitro benzene ring substituents is 2. The van der Waals surface area contributed by atoms with Crippen LogP contribution in [0.3, 0.4) is 0 Å². The molecule has 1 aliphatic carbocycles. The predicted octanol–water partition coefficient (Wildman–Crippen LogP) is -1.72. The summed E-state index contributed by atoms with van der Waals surface area (Å²) < 4.78 is 0. The van der Waals surface area contributed by atoms with Gasteiger partial charge in [0.15, 0.2) is 0 Å². The van der Waals surface area contributed by atoms with Crippen molar-refractivity contribution in [2.75, 3.05) is 0 Å². The molecular weight excluding hydrogens is 600 g/mol. The van der Waals surface area contributed by atoms with Gasteiger partial charge in [0.05, 0.1) is 22.0 Å². The van der Waals surface area contributed by atoms with Crippen molar-refractivity contribution in [2.24, 2.45) is 0 Å². The predicted molar refractivity (Wildman–Crippen MR) is 100 cm³/mol. The second kappa shape index (κ2) is 18.3. The minimum Gasteiger partial charge on any atom is -1.00 e. The second-order valence-corrected chi connectivity index (χ2v) is 4.59. The van der Waals surface area contributed by atoms with Crippen LogP contribution in [0.5, 0.6) is 0 Å². The maximum atomic E-state index is 9.98. The molecule has 0 aliphatic heterocycles. The molecule has 0 N–H and O–H groups in total. The Morgan fingerprint density at radius 1 is 0.821 bits per heavy atom. The van der Waals surface area contributed by atoms with E-state index in [0.29, 0.717) is 0 Å². The molecule has 0 bridgehead atoms. The van der Waals surface area contributed by atoms with Gasteiger partial charge in [0.25, 0.3) is 11.4 Å². The molecule has 0 aromatic heterocycles. The summed E-state index contributed by atoms with van der Waals surface area (Å²) in [7, 11) is 0. The first-order valence-corrected chi connectivity index (χ1v) is 7.15. The Labute approximate surface area is 195 Å². The Bertz CT molecular complexity index is 745. The van der Waals surface area contributed by atoms with Gasteiger partial charge >= 0.3 is 26.2 Å². The number of allylic oxidation sites excluding steroid dienone is 3. The van der Waals surface area contributed by atoms with Gasteiger partial charge in [0, 0.05) is 18.6 Å². The average molecular weight is 615 g/mol. The van der Waals surface area contributed by atoms with E-state index in [0.717, 1.165) is 0 Å². The number of halogens is 2. The molecule has 6 radical (unpaired) electrons. The Balaban J connectivity index is -0.000000320. The van der Waals surface area contributed by atoms with Crippen LogP contribution in [0.4, 0.5) is 11.4 Å². The molecule has 0 amide bonds. The molecule has 1 aliphatic rings. The minimum atomic E-state index is -0.472. The Kier molecular flexibility index (Phi) is 20.1. The van der Waals surface area contributed by atoms with E-state index in [9.17, 15) is 20.2 Å². The van der Waals surface area contributed by atoms with E-state index in [-0.39, 0.29) is 62.4 Å². The Morgan fingerprint density at radius 2 is 1.29 bits per heavy atom. The van der Waals surface area contributed by atoms with Crippen LogP contribution in [0.2, 0.25) is 0 Å². The second-order valence-electron chi connectivity index (χ2n) is 4.59. The number of hydrogen-bond acceptors (Lipinski definition) is 4. The van der Waals surface area contributed by atoms with Crippen LogP contribution >= 0.6 is 0 Å². The third-order valence-corrected chi connectivity index (χ3v) is 2.66. The van der Waals surface area contributed by atoms with Crippen molar-refractivity contribution < 1.29 is 34.7 Å². The quantitative estimate of drug-likeness (QED) is 0.174. The Morgan fingerprint density at radius 3 is 1.46 bits per heavy atom. The number of para-hydroxylation sites is 2. The third kappa shape index (κ3) is 14.1. The number of nitrogens with zero attached hydrogens (tertiary/aromatic N) is 2. The molecule has 0 fully saturated rings. The summed E-state index contributed by atoms with van der Waals surface area (Å²) in [5, 5.41) is 20.0. The number of rotatable bonds is 2. The van der Waals surface area contributed by atoms with E-state index in [4.69, 9.17) is 0 Å². The maximum Gasteiger partial charge on any atom is 2.00 e. The minimum absolute atomic E-state index is 0. The maximum absolute atomic E-state index is 9.98. The van der Waals surface area contributed by atoms with Gasteiger partial charge in [0.2, 0.25) is 0 Å². The van der Waals surface area contributed by atoms with Crippen LogP contribution in [0.1, 0.15) is 6.92 Å². The van der Waals surface area contributed by atoms with E-state index in [2.05, 4.69) is 24.8 Å². The zero-order chi connectivity index (χ0) is 18.5. The normalized spacial score (nSPS) is 9.96. The molecule has 28 heavy (non-hydrogen) atoms. The zero-order valence-corrected chi connectivity index (χ0v) is 19.6. The van der Waals surface area contributed by atoms with E-state index >= 15 is 0 Å². The molecule has 6 nitrogen and oxygen atoms in total. The summed E-state index contributed by atoms with van der Waals surface area (Å²) >= 11 is 0. The first-order valence-electron chi connectivity index (χ1n) is 7.15. The largest absolute Gasteiger partial charge is 2.00 e. The van der Waals surface area contributed by atoms with Crippen LogP contribution in [0.15, 0.2) is 78.1 Å². The first kappa shape index (κ1) is 30.7. The van der Waals surface area contributed by atoms with Gasteiger partial charge < -0.3 is 24.8 Å².